The Morgan fingerprint density at radius 1 is 1.28 bits per heavy atom. The molecule has 0 bridgehead atoms. The maximum atomic E-state index is 12.6. The Morgan fingerprint density at radius 2 is 1.96 bits per heavy atom. The van der Waals surface area contributed by atoms with Crippen molar-refractivity contribution in [2.45, 2.75) is 32.8 Å². The van der Waals surface area contributed by atoms with Gasteiger partial charge in [-0.25, -0.2) is 0 Å². The largest absolute Gasteiger partial charge is 0.486 e. The molecule has 0 spiro atoms. The Hall–Kier alpha value is -3.19. The van der Waals surface area contributed by atoms with E-state index in [1.54, 1.807) is 6.07 Å². The van der Waals surface area contributed by atoms with E-state index in [0.29, 0.717) is 17.7 Å². The summed E-state index contributed by atoms with van der Waals surface area (Å²) in [5.41, 5.74) is -1.85. The Morgan fingerprint density at radius 3 is 2.56 bits per heavy atom. The zero-order valence-electron chi connectivity index (χ0n) is 13.8. The maximum absolute atomic E-state index is 12.6. The third-order valence-electron chi connectivity index (χ3n) is 4.62. The van der Waals surface area contributed by atoms with Crippen molar-refractivity contribution >= 4 is 11.5 Å². The summed E-state index contributed by atoms with van der Waals surface area (Å²) in [5, 5.41) is 30.5. The number of nitrogens with zero attached hydrogens (tertiary/aromatic N) is 3. The molecule has 3 rings (SSSR count). The monoisotopic (exact) mass is 337 g/mol. The van der Waals surface area contributed by atoms with E-state index >= 15 is 0 Å². The summed E-state index contributed by atoms with van der Waals surface area (Å²) < 4.78 is 5.88. The Balaban J connectivity index is 2.14. The highest BCUT2D eigenvalue weighted by molar-refractivity contribution is 6.00. The van der Waals surface area contributed by atoms with Gasteiger partial charge < -0.3 is 4.74 Å². The Bertz CT molecular complexity index is 888. The van der Waals surface area contributed by atoms with E-state index in [1.165, 1.54) is 18.2 Å². The van der Waals surface area contributed by atoms with Gasteiger partial charge in [-0.05, 0) is 5.41 Å². The summed E-state index contributed by atoms with van der Waals surface area (Å²) in [6, 6.07) is 9.53. The number of rotatable bonds is 2. The van der Waals surface area contributed by atoms with E-state index in [0.717, 1.165) is 0 Å². The fourth-order valence-corrected chi connectivity index (χ4v) is 3.54. The van der Waals surface area contributed by atoms with Crippen molar-refractivity contribution < 1.29 is 14.5 Å². The van der Waals surface area contributed by atoms with Gasteiger partial charge in [-0.2, -0.15) is 10.5 Å². The summed E-state index contributed by atoms with van der Waals surface area (Å²) in [6.07, 6.45) is -0.405. The van der Waals surface area contributed by atoms with Gasteiger partial charge in [0.25, 0.3) is 5.69 Å². The van der Waals surface area contributed by atoms with E-state index in [4.69, 9.17) is 4.74 Å². The summed E-state index contributed by atoms with van der Waals surface area (Å²) in [7, 11) is 0. The number of nitro groups is 1. The zero-order chi connectivity index (χ0) is 18.4. The number of hydrogen-bond acceptors (Lipinski definition) is 6. The third-order valence-corrected chi connectivity index (χ3v) is 4.62. The van der Waals surface area contributed by atoms with Crippen LogP contribution in [0.4, 0.5) is 5.69 Å². The first-order chi connectivity index (χ1) is 11.7. The molecule has 1 aromatic rings. The lowest BCUT2D eigenvalue weighted by atomic mass is 9.68. The molecule has 1 aliphatic heterocycles. The van der Waals surface area contributed by atoms with Crippen molar-refractivity contribution in [2.24, 2.45) is 10.8 Å². The number of hydrogen-bond donors (Lipinski definition) is 0. The summed E-state index contributed by atoms with van der Waals surface area (Å²) in [6.45, 7) is 3.83. The van der Waals surface area contributed by atoms with Gasteiger partial charge in [0.15, 0.2) is 11.9 Å². The molecule has 0 amide bonds. The highest BCUT2D eigenvalue weighted by Crippen LogP contribution is 2.56. The summed E-state index contributed by atoms with van der Waals surface area (Å²) in [4.78, 5) is 23.1. The van der Waals surface area contributed by atoms with Gasteiger partial charge >= 0.3 is 0 Å². The average Bonchev–Trinajstić information content (AvgIpc) is 2.88. The number of ketones is 1. The fraction of sp³-hybridized carbons (Fsp3) is 0.389. The van der Waals surface area contributed by atoms with Gasteiger partial charge in [0.2, 0.25) is 5.41 Å². The molecule has 2 aliphatic rings. The van der Waals surface area contributed by atoms with Crippen molar-refractivity contribution in [3.05, 3.63) is 51.3 Å². The quantitative estimate of drug-likeness (QED) is 0.603. The molecular formula is C18H15N3O4. The molecule has 0 saturated heterocycles. The van der Waals surface area contributed by atoms with Crippen LogP contribution >= 0.6 is 0 Å². The number of carbonyl (C=O) groups is 1. The lowest BCUT2D eigenvalue weighted by molar-refractivity contribution is -0.385. The number of nitriles is 2. The van der Waals surface area contributed by atoms with Gasteiger partial charge in [-0.1, -0.05) is 26.0 Å². The lowest BCUT2D eigenvalue weighted by Gasteiger charge is -2.29. The van der Waals surface area contributed by atoms with Gasteiger partial charge in [0.1, 0.15) is 5.76 Å². The lowest BCUT2D eigenvalue weighted by Crippen LogP contribution is -2.32. The van der Waals surface area contributed by atoms with E-state index < -0.39 is 16.4 Å². The number of Topliss-reactive ketones (excluding diaryl/α,β-unsaturated/α-hetero) is 1. The van der Waals surface area contributed by atoms with Crippen LogP contribution in [0.25, 0.3) is 0 Å². The molecule has 0 radical (unpaired) electrons. The van der Waals surface area contributed by atoms with Crippen molar-refractivity contribution in [3.8, 4) is 12.1 Å². The van der Waals surface area contributed by atoms with Crippen molar-refractivity contribution in [3.63, 3.8) is 0 Å². The Kier molecular flexibility index (Phi) is 3.61. The van der Waals surface area contributed by atoms with Crippen molar-refractivity contribution in [1.29, 1.82) is 10.5 Å². The molecule has 1 aliphatic carbocycles. The van der Waals surface area contributed by atoms with Crippen LogP contribution in [0.15, 0.2) is 35.6 Å². The first kappa shape index (κ1) is 16.7. The van der Waals surface area contributed by atoms with Crippen LogP contribution in [0, 0.1) is 43.6 Å². The van der Waals surface area contributed by atoms with Crippen LogP contribution in [-0.4, -0.2) is 10.7 Å². The molecule has 0 aromatic heterocycles. The standard InChI is InChI=1S/C18H15N3O4/c1-17(2)7-13(22)15-14(8-17)25-16(18(15,9-19)10-20)11-4-3-5-12(6-11)21(23)24/h3-6,16H,7-8H2,1-2H3. The van der Waals surface area contributed by atoms with Crippen molar-refractivity contribution in [1.82, 2.24) is 0 Å². The smallest absolute Gasteiger partial charge is 0.269 e. The van der Waals surface area contributed by atoms with Crippen LogP contribution in [0.5, 0.6) is 0 Å². The predicted molar refractivity (Wildman–Crippen MR) is 85.6 cm³/mol. The molecule has 1 unspecified atom stereocenters. The molecule has 1 heterocycles. The summed E-state index contributed by atoms with van der Waals surface area (Å²) in [5.74, 6) is 0.0723. The molecular weight excluding hydrogens is 322 g/mol. The molecule has 1 aromatic carbocycles. The average molecular weight is 337 g/mol. The second-order valence-corrected chi connectivity index (χ2v) is 7.12. The number of non-ortho nitro benzene ring substituents is 1. The van der Waals surface area contributed by atoms with Gasteiger partial charge in [-0.15, -0.1) is 0 Å². The molecule has 0 fully saturated rings. The second-order valence-electron chi connectivity index (χ2n) is 7.12. The third kappa shape index (κ3) is 2.45. The van der Waals surface area contributed by atoms with E-state index in [2.05, 4.69) is 0 Å². The minimum absolute atomic E-state index is 0.105. The van der Waals surface area contributed by atoms with Gasteiger partial charge in [-0.3, -0.25) is 14.9 Å². The second kappa shape index (κ2) is 5.42. The first-order valence-electron chi connectivity index (χ1n) is 7.74. The topological polar surface area (TPSA) is 117 Å². The Labute approximate surface area is 144 Å². The van der Waals surface area contributed by atoms with Crippen molar-refractivity contribution in [2.75, 3.05) is 0 Å². The van der Waals surface area contributed by atoms with Gasteiger partial charge in [0, 0.05) is 30.5 Å². The van der Waals surface area contributed by atoms with E-state index in [1.807, 2.05) is 26.0 Å². The molecule has 126 valence electrons. The van der Waals surface area contributed by atoms with Crippen LogP contribution < -0.4 is 0 Å². The molecule has 1 atom stereocenters. The molecule has 7 heteroatoms. The van der Waals surface area contributed by atoms with E-state index in [9.17, 15) is 25.4 Å². The minimum Gasteiger partial charge on any atom is -0.486 e. The van der Waals surface area contributed by atoms with Crippen LogP contribution in [0.1, 0.15) is 38.4 Å². The molecule has 0 saturated carbocycles. The van der Waals surface area contributed by atoms with Crippen LogP contribution in [0.2, 0.25) is 0 Å². The molecule has 7 nitrogen and oxygen atoms in total. The number of carbonyl (C=O) groups excluding carboxylic acids is 1. The number of nitro benzene ring substituents is 1. The van der Waals surface area contributed by atoms with Crippen LogP contribution in [0.3, 0.4) is 0 Å². The number of allylic oxidation sites excluding steroid dienone is 1. The zero-order valence-corrected chi connectivity index (χ0v) is 13.8. The first-order valence-corrected chi connectivity index (χ1v) is 7.74. The highest BCUT2D eigenvalue weighted by atomic mass is 16.6. The van der Waals surface area contributed by atoms with Crippen LogP contribution in [-0.2, 0) is 9.53 Å². The number of benzene rings is 1. The summed E-state index contributed by atoms with van der Waals surface area (Å²) >= 11 is 0. The highest BCUT2D eigenvalue weighted by Gasteiger charge is 2.58. The minimum atomic E-state index is -1.79. The normalized spacial score (nSPS) is 23.2. The van der Waals surface area contributed by atoms with E-state index in [-0.39, 0.29) is 28.9 Å². The van der Waals surface area contributed by atoms with Gasteiger partial charge in [0.05, 0.1) is 22.6 Å². The molecule has 25 heavy (non-hydrogen) atoms. The predicted octanol–water partition coefficient (Wildman–Crippen LogP) is 3.34. The molecule has 0 N–H and O–H groups in total. The number of ether oxygens (including phenoxy) is 1. The maximum Gasteiger partial charge on any atom is 0.269 e. The fourth-order valence-electron chi connectivity index (χ4n) is 3.54. The SMILES string of the molecule is CC1(C)CC(=O)C2=C(C1)OC(c1cccc([N+](=O)[O-])c1)C2(C#N)C#N.